The minimum Gasteiger partial charge on any atom is -0.478 e. The highest BCUT2D eigenvalue weighted by Crippen LogP contribution is 1.96. The molecule has 0 fully saturated rings. The number of hydrogen-bond acceptors (Lipinski definition) is 1. The Hall–Kier alpha value is -1.31. The quantitative estimate of drug-likeness (QED) is 0.574. The molecule has 2 nitrogen and oxygen atoms in total. The summed E-state index contributed by atoms with van der Waals surface area (Å²) in [5.74, 6) is -0.879. The molecule has 46 valence electrons. The van der Waals surface area contributed by atoms with Crippen LogP contribution in [0.1, 0.15) is 10.4 Å². The summed E-state index contributed by atoms with van der Waals surface area (Å²) in [6.45, 7) is 0. The zero-order valence-electron chi connectivity index (χ0n) is 4.74. The maximum Gasteiger partial charge on any atom is 0.335 e. The van der Waals surface area contributed by atoms with E-state index in [-0.39, 0.29) is 0 Å². The molecule has 0 saturated heterocycles. The molecule has 0 aliphatic rings. The van der Waals surface area contributed by atoms with E-state index in [0.717, 1.165) is 0 Å². The van der Waals surface area contributed by atoms with E-state index in [2.05, 4.69) is 0 Å². The smallest absolute Gasteiger partial charge is 0.335 e. The van der Waals surface area contributed by atoms with Crippen LogP contribution in [0.25, 0.3) is 0 Å². The largest absolute Gasteiger partial charge is 0.478 e. The third-order valence-corrected chi connectivity index (χ3v) is 1.02. The number of aromatic carboxylic acids is 1. The van der Waals surface area contributed by atoms with E-state index >= 15 is 0 Å². The van der Waals surface area contributed by atoms with Crippen LogP contribution in [-0.4, -0.2) is 11.1 Å². The molecule has 0 heterocycles. The molecule has 0 saturated carbocycles. The van der Waals surface area contributed by atoms with Gasteiger partial charge in [0.05, 0.1) is 5.56 Å². The molecule has 1 N–H and O–H groups in total. The number of rotatable bonds is 1. The Labute approximate surface area is 52.8 Å². The van der Waals surface area contributed by atoms with Crippen LogP contribution in [0.15, 0.2) is 30.3 Å². The van der Waals surface area contributed by atoms with Crippen LogP contribution in [0.5, 0.6) is 0 Å². The lowest BCUT2D eigenvalue weighted by Crippen LogP contribution is -1.93. The number of carboxylic acid groups (broad SMARTS) is 1. The van der Waals surface area contributed by atoms with E-state index in [1.807, 2.05) is 0 Å². The topological polar surface area (TPSA) is 37.3 Å². The summed E-state index contributed by atoms with van der Waals surface area (Å²) in [4.78, 5) is 10.2. The van der Waals surface area contributed by atoms with Crippen molar-refractivity contribution in [3.8, 4) is 0 Å². The molecule has 1 aromatic rings. The van der Waals surface area contributed by atoms with Gasteiger partial charge < -0.3 is 5.11 Å². The molecule has 0 bridgehead atoms. The molecule has 1 rings (SSSR count). The molecule has 1 aromatic carbocycles. The summed E-state index contributed by atoms with van der Waals surface area (Å²) in [5, 5.41) is 8.38. The van der Waals surface area contributed by atoms with Gasteiger partial charge in [0.15, 0.2) is 0 Å². The van der Waals surface area contributed by atoms with Crippen molar-refractivity contribution >= 4 is 5.97 Å². The third-order valence-electron chi connectivity index (χ3n) is 1.02. The normalized spacial score (nSPS) is 8.89. The van der Waals surface area contributed by atoms with Gasteiger partial charge in [-0.25, -0.2) is 4.79 Å². The van der Waals surface area contributed by atoms with Gasteiger partial charge in [0.1, 0.15) is 0 Å². The van der Waals surface area contributed by atoms with Gasteiger partial charge in [-0.2, -0.15) is 0 Å². The van der Waals surface area contributed by atoms with Crippen LogP contribution >= 0.6 is 0 Å². The van der Waals surface area contributed by atoms with Gasteiger partial charge in [-0.1, -0.05) is 18.2 Å². The molecule has 0 spiro atoms. The molecular weight excluding hydrogens is 118 g/mol. The van der Waals surface area contributed by atoms with E-state index in [1.165, 1.54) is 0 Å². The first-order valence-corrected chi connectivity index (χ1v) is 2.59. The molecule has 0 aliphatic heterocycles. The van der Waals surface area contributed by atoms with Crippen LogP contribution in [0.3, 0.4) is 0 Å². The number of benzene rings is 1. The predicted octanol–water partition coefficient (Wildman–Crippen LogP) is 1.38. The molecule has 2 heteroatoms. The highest BCUT2D eigenvalue weighted by Gasteiger charge is 1.96. The molecule has 0 amide bonds. The highest BCUT2D eigenvalue weighted by atomic mass is 18.1. The molecule has 0 aliphatic carbocycles. The molecule has 0 atom stereocenters. The maximum atomic E-state index is 10.2. The first-order chi connectivity index (χ1) is 4.30. The minimum atomic E-state index is -0.879. The van der Waals surface area contributed by atoms with Crippen molar-refractivity contribution in [3.05, 3.63) is 35.9 Å². The number of hydrogen-bond donors (Lipinski definition) is 1. The Morgan fingerprint density at radius 1 is 1.22 bits per heavy atom. The molecule has 0 radical (unpaired) electrons. The average Bonchev–Trinajstić information content (AvgIpc) is 1.90. The average molecular weight is 124 g/mol. The van der Waals surface area contributed by atoms with Gasteiger partial charge in [-0.15, -0.1) is 0 Å². The monoisotopic (exact) mass is 124 g/mol. The fourth-order valence-electron chi connectivity index (χ4n) is 0.581. The third kappa shape index (κ3) is 1.29. The van der Waals surface area contributed by atoms with Crippen molar-refractivity contribution in [1.29, 1.82) is 0 Å². The molecule has 0 unspecified atom stereocenters. The molecular formula is C7H6O2. The maximum absolute atomic E-state index is 10.2. The Kier molecular flexibility index (Phi) is 1.49. The van der Waals surface area contributed by atoms with Crippen LogP contribution < -0.4 is 0 Å². The van der Waals surface area contributed by atoms with E-state index in [1.54, 1.807) is 30.3 Å². The number of carboxylic acids is 1. The standard InChI is InChI=1S/C7H6O2/c8-7(9)6-4-2-1-3-5-6/h1-5H,(H,8,9)/i8+2. The minimum absolute atomic E-state index is 0.331. The van der Waals surface area contributed by atoms with Crippen LogP contribution in [-0.2, 0) is 0 Å². The van der Waals surface area contributed by atoms with Gasteiger partial charge in [-0.3, -0.25) is 0 Å². The van der Waals surface area contributed by atoms with Crippen molar-refractivity contribution in [2.24, 2.45) is 0 Å². The van der Waals surface area contributed by atoms with E-state index in [0.29, 0.717) is 5.56 Å². The van der Waals surface area contributed by atoms with E-state index in [9.17, 15) is 4.79 Å². The second-order valence-corrected chi connectivity index (χ2v) is 1.67. The second-order valence-electron chi connectivity index (χ2n) is 1.67. The first kappa shape index (κ1) is 5.82. The second kappa shape index (κ2) is 2.31. The van der Waals surface area contributed by atoms with Crippen molar-refractivity contribution in [1.82, 2.24) is 0 Å². The fourth-order valence-corrected chi connectivity index (χ4v) is 0.581. The van der Waals surface area contributed by atoms with Crippen LogP contribution in [0.2, 0.25) is 0 Å². The highest BCUT2D eigenvalue weighted by molar-refractivity contribution is 5.87. The lowest BCUT2D eigenvalue weighted by molar-refractivity contribution is 0.0697. The summed E-state index contributed by atoms with van der Waals surface area (Å²) in [5.41, 5.74) is 0.331. The van der Waals surface area contributed by atoms with Crippen LogP contribution in [0, 0.1) is 0 Å². The lowest BCUT2D eigenvalue weighted by atomic mass is 10.2. The van der Waals surface area contributed by atoms with Gasteiger partial charge >= 0.3 is 5.97 Å². The summed E-state index contributed by atoms with van der Waals surface area (Å²) in [6.07, 6.45) is 0. The van der Waals surface area contributed by atoms with Gasteiger partial charge in [0.2, 0.25) is 0 Å². The Morgan fingerprint density at radius 2 is 1.78 bits per heavy atom. The van der Waals surface area contributed by atoms with E-state index in [4.69, 9.17) is 5.11 Å². The van der Waals surface area contributed by atoms with E-state index < -0.39 is 5.97 Å². The summed E-state index contributed by atoms with van der Waals surface area (Å²) in [6, 6.07) is 8.30. The van der Waals surface area contributed by atoms with Crippen molar-refractivity contribution in [3.63, 3.8) is 0 Å². The Morgan fingerprint density at radius 3 is 2.11 bits per heavy atom. The van der Waals surface area contributed by atoms with Crippen molar-refractivity contribution in [2.75, 3.05) is 0 Å². The molecule has 0 aromatic heterocycles. The predicted molar refractivity (Wildman–Crippen MR) is 33.4 cm³/mol. The van der Waals surface area contributed by atoms with Gasteiger partial charge in [0, 0.05) is 0 Å². The lowest BCUT2D eigenvalue weighted by Gasteiger charge is -1.88. The van der Waals surface area contributed by atoms with Gasteiger partial charge in [-0.05, 0) is 12.1 Å². The SMILES string of the molecule is OC(=[18O])c1ccccc1. The first-order valence-electron chi connectivity index (χ1n) is 2.59. The van der Waals surface area contributed by atoms with Crippen LogP contribution in [0.4, 0.5) is 0 Å². The van der Waals surface area contributed by atoms with Crippen molar-refractivity contribution in [2.45, 2.75) is 0 Å². The summed E-state index contributed by atoms with van der Waals surface area (Å²) in [7, 11) is 0. The van der Waals surface area contributed by atoms with Gasteiger partial charge in [0.25, 0.3) is 0 Å². The van der Waals surface area contributed by atoms with Crippen molar-refractivity contribution < 1.29 is 9.90 Å². The number of carbonyl (C=O) groups is 1. The zero-order chi connectivity index (χ0) is 6.69. The Balaban J connectivity index is 2.98. The fraction of sp³-hybridized carbons (Fsp3) is 0. The summed E-state index contributed by atoms with van der Waals surface area (Å²) >= 11 is 0. The summed E-state index contributed by atoms with van der Waals surface area (Å²) < 4.78 is 0. The molecule has 9 heavy (non-hydrogen) atoms. The zero-order valence-corrected chi connectivity index (χ0v) is 4.74. The Bertz CT molecular complexity index is 203.